The summed E-state index contributed by atoms with van der Waals surface area (Å²) in [7, 11) is 0. The fourth-order valence-corrected chi connectivity index (χ4v) is 2.04. The van der Waals surface area contributed by atoms with E-state index in [2.05, 4.69) is 4.98 Å². The summed E-state index contributed by atoms with van der Waals surface area (Å²) < 4.78 is 13.1. The first-order valence-corrected chi connectivity index (χ1v) is 5.62. The molecule has 3 rings (SSSR count). The highest BCUT2D eigenvalue weighted by atomic mass is 19.1. The molecule has 88 valence electrons. The molecule has 0 atom stereocenters. The van der Waals surface area contributed by atoms with Gasteiger partial charge in [-0.3, -0.25) is 4.79 Å². The molecule has 18 heavy (non-hydrogen) atoms. The van der Waals surface area contributed by atoms with Crippen molar-refractivity contribution < 1.29 is 9.18 Å². The van der Waals surface area contributed by atoms with Gasteiger partial charge in [0.2, 0.25) is 0 Å². The summed E-state index contributed by atoms with van der Waals surface area (Å²) in [4.78, 5) is 15.3. The van der Waals surface area contributed by atoms with Gasteiger partial charge in [-0.2, -0.15) is 0 Å². The molecule has 0 bridgehead atoms. The number of nitrogens with one attached hydrogen (secondary N) is 1. The lowest BCUT2D eigenvalue weighted by Gasteiger charge is -1.99. The number of hydrogen-bond donors (Lipinski definition) is 1. The SMILES string of the molecule is O=C(c1cccc(F)c1)c1c[nH]c2ccccc12. The van der Waals surface area contributed by atoms with Crippen LogP contribution in [0.25, 0.3) is 10.9 Å². The van der Waals surface area contributed by atoms with Gasteiger partial charge in [0, 0.05) is 28.2 Å². The number of ketones is 1. The summed E-state index contributed by atoms with van der Waals surface area (Å²) in [6.45, 7) is 0. The second-order valence-corrected chi connectivity index (χ2v) is 4.09. The topological polar surface area (TPSA) is 32.9 Å². The van der Waals surface area contributed by atoms with E-state index in [0.717, 1.165) is 10.9 Å². The van der Waals surface area contributed by atoms with Crippen LogP contribution < -0.4 is 0 Å². The number of aromatic amines is 1. The second-order valence-electron chi connectivity index (χ2n) is 4.09. The summed E-state index contributed by atoms with van der Waals surface area (Å²) in [5, 5.41) is 0.853. The van der Waals surface area contributed by atoms with E-state index in [9.17, 15) is 9.18 Å². The van der Waals surface area contributed by atoms with Gasteiger partial charge in [-0.25, -0.2) is 4.39 Å². The number of fused-ring (bicyclic) bond motifs is 1. The first kappa shape index (κ1) is 10.7. The third-order valence-electron chi connectivity index (χ3n) is 2.92. The zero-order chi connectivity index (χ0) is 12.5. The lowest BCUT2D eigenvalue weighted by Crippen LogP contribution is -2.00. The van der Waals surface area contributed by atoms with Crippen molar-refractivity contribution in [3.05, 3.63) is 71.7 Å². The van der Waals surface area contributed by atoms with Crippen molar-refractivity contribution in [2.45, 2.75) is 0 Å². The van der Waals surface area contributed by atoms with Crippen LogP contribution in [0, 0.1) is 5.82 Å². The maximum Gasteiger partial charge on any atom is 0.195 e. The smallest absolute Gasteiger partial charge is 0.195 e. The average Bonchev–Trinajstić information content (AvgIpc) is 2.82. The Kier molecular flexibility index (Phi) is 2.45. The molecular weight excluding hydrogens is 229 g/mol. The highest BCUT2D eigenvalue weighted by Gasteiger charge is 2.14. The standard InChI is InChI=1S/C15H10FNO/c16-11-5-3-4-10(8-11)15(18)13-9-17-14-7-2-1-6-12(13)14/h1-9,17H. The Hall–Kier alpha value is -2.42. The number of carbonyl (C=O) groups excluding carboxylic acids is 1. The van der Waals surface area contributed by atoms with Crippen LogP contribution >= 0.6 is 0 Å². The molecule has 0 aliphatic carbocycles. The Bertz CT molecular complexity index is 730. The van der Waals surface area contributed by atoms with E-state index < -0.39 is 5.82 Å². The molecule has 1 aromatic heterocycles. The Labute approximate surface area is 103 Å². The largest absolute Gasteiger partial charge is 0.360 e. The van der Waals surface area contributed by atoms with Gasteiger partial charge in [-0.1, -0.05) is 30.3 Å². The predicted molar refractivity (Wildman–Crippen MR) is 68.1 cm³/mol. The lowest BCUT2D eigenvalue weighted by molar-refractivity contribution is 0.104. The molecule has 0 radical (unpaired) electrons. The van der Waals surface area contributed by atoms with Crippen LogP contribution in [0.15, 0.2) is 54.7 Å². The van der Waals surface area contributed by atoms with Crippen LogP contribution in [0.3, 0.4) is 0 Å². The number of para-hydroxylation sites is 1. The molecule has 0 spiro atoms. The first-order chi connectivity index (χ1) is 8.75. The predicted octanol–water partition coefficient (Wildman–Crippen LogP) is 3.54. The van der Waals surface area contributed by atoms with Crippen molar-refractivity contribution in [3.8, 4) is 0 Å². The fourth-order valence-electron chi connectivity index (χ4n) is 2.04. The summed E-state index contributed by atoms with van der Waals surface area (Å²) in [5.41, 5.74) is 1.83. The molecule has 2 aromatic carbocycles. The van der Waals surface area contributed by atoms with Gasteiger partial charge < -0.3 is 4.98 Å². The molecule has 0 fully saturated rings. The molecule has 1 N–H and O–H groups in total. The molecule has 3 heteroatoms. The highest BCUT2D eigenvalue weighted by molar-refractivity contribution is 6.16. The van der Waals surface area contributed by atoms with Crippen molar-refractivity contribution in [1.82, 2.24) is 4.98 Å². The molecule has 1 heterocycles. The molecule has 2 nitrogen and oxygen atoms in total. The first-order valence-electron chi connectivity index (χ1n) is 5.62. The maximum atomic E-state index is 13.1. The monoisotopic (exact) mass is 239 g/mol. The van der Waals surface area contributed by atoms with Crippen LogP contribution in [0.4, 0.5) is 4.39 Å². The summed E-state index contributed by atoms with van der Waals surface area (Å²) >= 11 is 0. The average molecular weight is 239 g/mol. The van der Waals surface area contributed by atoms with Gasteiger partial charge in [0.05, 0.1) is 0 Å². The third-order valence-corrected chi connectivity index (χ3v) is 2.92. The van der Waals surface area contributed by atoms with Crippen molar-refractivity contribution >= 4 is 16.7 Å². The minimum absolute atomic E-state index is 0.174. The van der Waals surface area contributed by atoms with Gasteiger partial charge in [0.25, 0.3) is 0 Å². The number of benzene rings is 2. The normalized spacial score (nSPS) is 10.7. The second kappa shape index (κ2) is 4.11. The molecular formula is C15H10FNO. The number of rotatable bonds is 2. The zero-order valence-electron chi connectivity index (χ0n) is 9.48. The van der Waals surface area contributed by atoms with E-state index in [1.165, 1.54) is 18.2 Å². The highest BCUT2D eigenvalue weighted by Crippen LogP contribution is 2.21. The van der Waals surface area contributed by atoms with Gasteiger partial charge in [0.15, 0.2) is 5.78 Å². The van der Waals surface area contributed by atoms with Crippen molar-refractivity contribution in [3.63, 3.8) is 0 Å². The van der Waals surface area contributed by atoms with Crippen molar-refractivity contribution in [2.24, 2.45) is 0 Å². The molecule has 0 amide bonds. The van der Waals surface area contributed by atoms with Crippen LogP contribution in [-0.4, -0.2) is 10.8 Å². The van der Waals surface area contributed by atoms with Gasteiger partial charge in [-0.05, 0) is 18.2 Å². The Balaban J connectivity index is 2.12. The summed E-state index contributed by atoms with van der Waals surface area (Å²) in [6.07, 6.45) is 1.66. The van der Waals surface area contributed by atoms with Crippen LogP contribution in [-0.2, 0) is 0 Å². The van der Waals surface area contributed by atoms with Gasteiger partial charge >= 0.3 is 0 Å². The minimum atomic E-state index is -0.402. The maximum absolute atomic E-state index is 13.1. The number of hydrogen-bond acceptors (Lipinski definition) is 1. The summed E-state index contributed by atoms with van der Waals surface area (Å²) in [6, 6.07) is 13.3. The lowest BCUT2D eigenvalue weighted by atomic mass is 10.0. The molecule has 0 saturated carbocycles. The van der Waals surface area contributed by atoms with Crippen LogP contribution in [0.1, 0.15) is 15.9 Å². The van der Waals surface area contributed by atoms with Gasteiger partial charge in [0.1, 0.15) is 5.82 Å². The van der Waals surface area contributed by atoms with Crippen LogP contribution in [0.5, 0.6) is 0 Å². The third kappa shape index (κ3) is 1.70. The molecule has 0 unspecified atom stereocenters. The Morgan fingerprint density at radius 3 is 2.72 bits per heavy atom. The number of aromatic nitrogens is 1. The molecule has 0 aliphatic heterocycles. The van der Waals surface area contributed by atoms with Gasteiger partial charge in [-0.15, -0.1) is 0 Å². The number of H-pyrrole nitrogens is 1. The Morgan fingerprint density at radius 1 is 1.06 bits per heavy atom. The molecule has 3 aromatic rings. The van der Waals surface area contributed by atoms with E-state index in [4.69, 9.17) is 0 Å². The number of carbonyl (C=O) groups is 1. The minimum Gasteiger partial charge on any atom is -0.360 e. The zero-order valence-corrected chi connectivity index (χ0v) is 9.48. The van der Waals surface area contributed by atoms with E-state index >= 15 is 0 Å². The summed E-state index contributed by atoms with van der Waals surface area (Å²) in [5.74, 6) is -0.576. The number of halogens is 1. The van der Waals surface area contributed by atoms with E-state index in [1.807, 2.05) is 24.3 Å². The quantitative estimate of drug-likeness (QED) is 0.682. The van der Waals surface area contributed by atoms with E-state index in [-0.39, 0.29) is 5.78 Å². The molecule has 0 aliphatic rings. The van der Waals surface area contributed by atoms with E-state index in [0.29, 0.717) is 11.1 Å². The van der Waals surface area contributed by atoms with E-state index in [1.54, 1.807) is 12.3 Å². The Morgan fingerprint density at radius 2 is 1.89 bits per heavy atom. The van der Waals surface area contributed by atoms with Crippen molar-refractivity contribution in [1.29, 1.82) is 0 Å². The van der Waals surface area contributed by atoms with Crippen LogP contribution in [0.2, 0.25) is 0 Å². The van der Waals surface area contributed by atoms with Crippen molar-refractivity contribution in [2.75, 3.05) is 0 Å². The molecule has 0 saturated heterocycles. The fraction of sp³-hybridized carbons (Fsp3) is 0.